The molecule has 3 heterocycles. The second-order valence-corrected chi connectivity index (χ2v) is 6.58. The van der Waals surface area contributed by atoms with Crippen molar-refractivity contribution in [1.82, 2.24) is 0 Å². The fourth-order valence-electron chi connectivity index (χ4n) is 3.88. The van der Waals surface area contributed by atoms with Crippen LogP contribution in [0.4, 0.5) is 10.1 Å². The highest BCUT2D eigenvalue weighted by atomic mass is 35.5. The van der Waals surface area contributed by atoms with Crippen LogP contribution in [0.15, 0.2) is 30.4 Å². The molecule has 4 atom stereocenters. The van der Waals surface area contributed by atoms with Gasteiger partial charge in [0, 0.05) is 5.69 Å². The van der Waals surface area contributed by atoms with Crippen molar-refractivity contribution < 1.29 is 23.5 Å². The van der Waals surface area contributed by atoms with Crippen LogP contribution in [0.1, 0.15) is 6.92 Å². The Labute approximate surface area is 143 Å². The average molecular weight is 352 g/mol. The Morgan fingerprint density at radius 3 is 3.04 bits per heavy atom. The van der Waals surface area contributed by atoms with Gasteiger partial charge < -0.3 is 14.4 Å². The van der Waals surface area contributed by atoms with Crippen molar-refractivity contribution in [3.05, 3.63) is 41.2 Å². The summed E-state index contributed by atoms with van der Waals surface area (Å²) in [4.78, 5) is 26.7. The van der Waals surface area contributed by atoms with Gasteiger partial charge in [0.25, 0.3) is 0 Å². The molecule has 0 N–H and O–H groups in total. The lowest BCUT2D eigenvalue weighted by Crippen LogP contribution is -2.40. The molecule has 0 radical (unpaired) electrons. The number of hydrogen-bond donors (Lipinski definition) is 0. The van der Waals surface area contributed by atoms with Crippen LogP contribution in [0, 0.1) is 17.7 Å². The van der Waals surface area contributed by atoms with Gasteiger partial charge in [-0.15, -0.1) is 0 Å². The molecule has 2 fully saturated rings. The minimum atomic E-state index is -0.852. The summed E-state index contributed by atoms with van der Waals surface area (Å²) in [6.45, 7) is 2.20. The minimum absolute atomic E-state index is 0.00905. The number of anilines is 1. The summed E-state index contributed by atoms with van der Waals surface area (Å²) in [6, 6.07) is 4.20. The van der Waals surface area contributed by atoms with Gasteiger partial charge in [0.1, 0.15) is 17.3 Å². The molecule has 2 saturated heterocycles. The number of esters is 1. The molecule has 0 aromatic heterocycles. The largest absolute Gasteiger partial charge is 0.466 e. The first-order chi connectivity index (χ1) is 11.5. The lowest BCUT2D eigenvalue weighted by molar-refractivity contribution is -0.151. The number of hydrogen-bond acceptors (Lipinski definition) is 4. The van der Waals surface area contributed by atoms with E-state index in [0.29, 0.717) is 5.69 Å². The molecule has 7 heteroatoms. The summed E-state index contributed by atoms with van der Waals surface area (Å²) < 4.78 is 24.8. The van der Waals surface area contributed by atoms with Crippen LogP contribution in [-0.4, -0.2) is 36.7 Å². The molecule has 24 heavy (non-hydrogen) atoms. The van der Waals surface area contributed by atoms with Crippen molar-refractivity contribution in [1.29, 1.82) is 0 Å². The molecule has 1 aromatic carbocycles. The Morgan fingerprint density at radius 2 is 2.33 bits per heavy atom. The van der Waals surface area contributed by atoms with Crippen LogP contribution < -0.4 is 4.90 Å². The number of carbonyl (C=O) groups excluding carboxylic acids is 2. The second kappa shape index (κ2) is 5.29. The minimum Gasteiger partial charge on any atom is -0.466 e. The molecule has 1 amide bonds. The van der Waals surface area contributed by atoms with E-state index in [1.165, 1.54) is 17.0 Å². The molecular formula is C17H15ClFNO4. The number of fused-ring (bicyclic) bond motifs is 1. The van der Waals surface area contributed by atoms with E-state index in [9.17, 15) is 14.0 Å². The van der Waals surface area contributed by atoms with Gasteiger partial charge in [-0.2, -0.15) is 0 Å². The molecule has 0 saturated carbocycles. The van der Waals surface area contributed by atoms with Crippen molar-refractivity contribution in [2.45, 2.75) is 18.6 Å². The van der Waals surface area contributed by atoms with Crippen molar-refractivity contribution in [2.75, 3.05) is 18.1 Å². The van der Waals surface area contributed by atoms with Crippen molar-refractivity contribution in [3.63, 3.8) is 0 Å². The van der Waals surface area contributed by atoms with Gasteiger partial charge in [0.2, 0.25) is 5.91 Å². The molecule has 5 nitrogen and oxygen atoms in total. The third-order valence-electron chi connectivity index (χ3n) is 4.87. The van der Waals surface area contributed by atoms with E-state index >= 15 is 0 Å². The summed E-state index contributed by atoms with van der Waals surface area (Å²) >= 11 is 5.70. The monoisotopic (exact) mass is 351 g/mol. The van der Waals surface area contributed by atoms with Gasteiger partial charge in [-0.3, -0.25) is 9.59 Å². The number of ether oxygens (including phenoxy) is 2. The molecular weight excluding hydrogens is 337 g/mol. The van der Waals surface area contributed by atoms with Crippen LogP contribution in [0.3, 0.4) is 0 Å². The predicted octanol–water partition coefficient (Wildman–Crippen LogP) is 2.33. The smallest absolute Gasteiger partial charge is 0.312 e. The maximum absolute atomic E-state index is 13.8. The van der Waals surface area contributed by atoms with Gasteiger partial charge in [0.15, 0.2) is 0 Å². The Morgan fingerprint density at radius 1 is 1.54 bits per heavy atom. The third-order valence-corrected chi connectivity index (χ3v) is 5.18. The molecule has 126 valence electrons. The number of benzene rings is 1. The second-order valence-electron chi connectivity index (χ2n) is 6.17. The molecule has 3 aliphatic heterocycles. The van der Waals surface area contributed by atoms with E-state index < -0.39 is 35.3 Å². The van der Waals surface area contributed by atoms with Crippen molar-refractivity contribution in [2.24, 2.45) is 11.8 Å². The quantitative estimate of drug-likeness (QED) is 0.619. The van der Waals surface area contributed by atoms with Gasteiger partial charge in [-0.05, 0) is 25.1 Å². The Bertz CT molecular complexity index is 767. The lowest BCUT2D eigenvalue weighted by Gasteiger charge is -2.22. The number of halogens is 2. The first kappa shape index (κ1) is 15.6. The Balaban J connectivity index is 1.69. The Hall–Kier alpha value is -1.92. The number of amides is 1. The zero-order valence-electron chi connectivity index (χ0n) is 12.9. The van der Waals surface area contributed by atoms with E-state index in [4.69, 9.17) is 21.1 Å². The fourth-order valence-corrected chi connectivity index (χ4v) is 3.99. The average Bonchev–Trinajstić information content (AvgIpc) is 3.19. The SMILES string of the molecule is CCOC(=O)[C@@H]1[C@H]2C(=O)N(c3ccc(Cl)c(F)c3)C[C@@]23C=C[C@H]1O3. The van der Waals surface area contributed by atoms with Crippen LogP contribution in [0.5, 0.6) is 0 Å². The first-order valence-corrected chi connectivity index (χ1v) is 8.15. The maximum atomic E-state index is 13.8. The third kappa shape index (κ3) is 2.03. The van der Waals surface area contributed by atoms with Crippen LogP contribution in [0.2, 0.25) is 5.02 Å². The highest BCUT2D eigenvalue weighted by Gasteiger charge is 2.67. The van der Waals surface area contributed by atoms with Crippen molar-refractivity contribution >= 4 is 29.2 Å². The van der Waals surface area contributed by atoms with Gasteiger partial charge >= 0.3 is 5.97 Å². The summed E-state index contributed by atoms with van der Waals surface area (Å²) in [5.74, 6) is -2.60. The van der Waals surface area contributed by atoms with Crippen LogP contribution in [0.25, 0.3) is 0 Å². The summed E-state index contributed by atoms with van der Waals surface area (Å²) in [7, 11) is 0. The topological polar surface area (TPSA) is 55.8 Å². The molecule has 1 aromatic rings. The van der Waals surface area contributed by atoms with Gasteiger partial charge in [-0.1, -0.05) is 23.8 Å². The molecule has 0 aliphatic carbocycles. The molecule has 4 rings (SSSR count). The highest BCUT2D eigenvalue weighted by Crippen LogP contribution is 2.53. The van der Waals surface area contributed by atoms with Gasteiger partial charge in [0.05, 0.1) is 30.2 Å². The standard InChI is InChI=1S/C17H15ClFNO4/c1-2-23-16(22)13-12-5-6-17(24-12)8-20(15(21)14(13)17)9-3-4-10(18)11(19)7-9/h3-7,12-14H,2,8H2,1H3/t12-,13+,14+,17+/m1/s1. The Kier molecular flexibility index (Phi) is 3.44. The molecule has 0 unspecified atom stereocenters. The summed E-state index contributed by atoms with van der Waals surface area (Å²) in [5.41, 5.74) is -0.455. The van der Waals surface area contributed by atoms with E-state index in [1.807, 2.05) is 6.08 Å². The van der Waals surface area contributed by atoms with E-state index in [-0.39, 0.29) is 24.1 Å². The van der Waals surface area contributed by atoms with E-state index in [2.05, 4.69) is 0 Å². The maximum Gasteiger partial charge on any atom is 0.312 e. The zero-order chi connectivity index (χ0) is 17.1. The predicted molar refractivity (Wildman–Crippen MR) is 84.1 cm³/mol. The van der Waals surface area contributed by atoms with E-state index in [0.717, 1.165) is 0 Å². The number of rotatable bonds is 3. The van der Waals surface area contributed by atoms with Gasteiger partial charge in [-0.25, -0.2) is 4.39 Å². The summed E-state index contributed by atoms with van der Waals surface area (Å²) in [5, 5.41) is -0.00905. The molecule has 3 aliphatic rings. The van der Waals surface area contributed by atoms with E-state index in [1.54, 1.807) is 19.1 Å². The normalized spacial score (nSPS) is 33.2. The number of carbonyl (C=O) groups is 2. The van der Waals surface area contributed by atoms with Crippen molar-refractivity contribution in [3.8, 4) is 0 Å². The van der Waals surface area contributed by atoms with Crippen LogP contribution >= 0.6 is 11.6 Å². The lowest BCUT2D eigenvalue weighted by atomic mass is 9.77. The van der Waals surface area contributed by atoms with Crippen LogP contribution in [-0.2, 0) is 19.1 Å². The first-order valence-electron chi connectivity index (χ1n) is 7.77. The summed E-state index contributed by atoms with van der Waals surface area (Å²) in [6.07, 6.45) is 3.20. The molecule has 2 bridgehead atoms. The number of nitrogens with zero attached hydrogens (tertiary/aromatic N) is 1. The zero-order valence-corrected chi connectivity index (χ0v) is 13.6. The highest BCUT2D eigenvalue weighted by molar-refractivity contribution is 6.30. The molecule has 1 spiro atoms. The fraction of sp³-hybridized carbons (Fsp3) is 0.412.